The molecule has 3 unspecified atom stereocenters. The van der Waals surface area contributed by atoms with Crippen LogP contribution in [0.15, 0.2) is 42.5 Å². The second-order valence-corrected chi connectivity index (χ2v) is 12.2. The van der Waals surface area contributed by atoms with Gasteiger partial charge in [-0.2, -0.15) is 9.57 Å². The zero-order chi connectivity index (χ0) is 27.1. The number of methoxy groups -OCH3 is 2. The summed E-state index contributed by atoms with van der Waals surface area (Å²) in [5.41, 5.74) is 1.62. The van der Waals surface area contributed by atoms with Gasteiger partial charge in [-0.3, -0.25) is 4.90 Å². The fourth-order valence-corrected chi connectivity index (χ4v) is 7.29. The summed E-state index contributed by atoms with van der Waals surface area (Å²) in [6, 6.07) is 15.8. The van der Waals surface area contributed by atoms with Gasteiger partial charge < -0.3 is 14.2 Å². The molecule has 2 saturated heterocycles. The molecule has 0 saturated carbocycles. The molecule has 0 N–H and O–H groups in total. The molecule has 2 aromatic rings. The minimum Gasteiger partial charge on any atom is -0.493 e. The van der Waals surface area contributed by atoms with Crippen molar-refractivity contribution in [3.05, 3.63) is 53.6 Å². The predicted octanol–water partition coefficient (Wildman–Crippen LogP) is 4.75. The average Bonchev–Trinajstić information content (AvgIpc) is 3.16. The van der Waals surface area contributed by atoms with E-state index >= 15 is 0 Å². The van der Waals surface area contributed by atoms with Gasteiger partial charge >= 0.3 is 0 Å². The summed E-state index contributed by atoms with van der Waals surface area (Å²) in [4.78, 5) is 2.51. The first-order valence-corrected chi connectivity index (χ1v) is 15.1. The van der Waals surface area contributed by atoms with E-state index in [-0.39, 0.29) is 23.9 Å². The van der Waals surface area contributed by atoms with Gasteiger partial charge in [-0.25, -0.2) is 8.42 Å². The molecule has 3 atom stereocenters. The zero-order valence-corrected chi connectivity index (χ0v) is 23.5. The van der Waals surface area contributed by atoms with Crippen LogP contribution in [0.25, 0.3) is 0 Å². The van der Waals surface area contributed by atoms with Gasteiger partial charge in [0, 0.05) is 31.2 Å². The van der Waals surface area contributed by atoms with E-state index in [1.165, 1.54) is 0 Å². The number of sulfonamides is 1. The van der Waals surface area contributed by atoms with Crippen molar-refractivity contribution in [1.82, 2.24) is 9.21 Å². The molecular formula is C29H39N3O5S. The van der Waals surface area contributed by atoms with E-state index in [9.17, 15) is 13.7 Å². The van der Waals surface area contributed by atoms with Crippen LogP contribution in [0.3, 0.4) is 0 Å². The Hall–Kier alpha value is -2.80. The number of hydrogen-bond acceptors (Lipinski definition) is 7. The highest BCUT2D eigenvalue weighted by atomic mass is 32.2. The van der Waals surface area contributed by atoms with Gasteiger partial charge in [0.15, 0.2) is 11.5 Å². The lowest BCUT2D eigenvalue weighted by molar-refractivity contribution is 0.101. The predicted molar refractivity (Wildman–Crippen MR) is 147 cm³/mol. The van der Waals surface area contributed by atoms with Crippen molar-refractivity contribution < 1.29 is 22.6 Å². The molecule has 0 amide bonds. The lowest BCUT2D eigenvalue weighted by atomic mass is 10.0. The van der Waals surface area contributed by atoms with Gasteiger partial charge in [0.25, 0.3) is 0 Å². The van der Waals surface area contributed by atoms with E-state index in [0.29, 0.717) is 42.3 Å². The standard InChI is InChI=1S/C29H39N3O5S/c1-4-5-17-38(33,34)31-20-24-12-13-25(21-31)32(24)16-6-7-27(23-10-8-22(19-30)9-11-23)37-26-14-15-28(35-2)29(18-26)36-3/h8-11,14-15,18,24-25,27H,4-7,12-13,16-17,20-21H2,1-3H3. The first-order chi connectivity index (χ1) is 18.4. The molecule has 2 aliphatic rings. The van der Waals surface area contributed by atoms with Crippen LogP contribution in [0, 0.1) is 11.3 Å². The lowest BCUT2D eigenvalue weighted by Crippen LogP contribution is -2.55. The van der Waals surface area contributed by atoms with Crippen LogP contribution in [0.4, 0.5) is 0 Å². The molecule has 38 heavy (non-hydrogen) atoms. The number of benzene rings is 2. The molecule has 8 nitrogen and oxygen atoms in total. The van der Waals surface area contributed by atoms with Crippen molar-refractivity contribution in [2.75, 3.05) is 39.6 Å². The maximum Gasteiger partial charge on any atom is 0.214 e. The summed E-state index contributed by atoms with van der Waals surface area (Å²) in [6.45, 7) is 4.13. The number of nitriles is 1. The largest absolute Gasteiger partial charge is 0.493 e. The normalized spacial score (nSPS) is 20.6. The maximum atomic E-state index is 12.8. The highest BCUT2D eigenvalue weighted by molar-refractivity contribution is 7.89. The van der Waals surface area contributed by atoms with Crippen molar-refractivity contribution in [2.45, 2.75) is 63.6 Å². The summed E-state index contributed by atoms with van der Waals surface area (Å²) in [5.74, 6) is 2.18. The Morgan fingerprint density at radius 2 is 1.68 bits per heavy atom. The van der Waals surface area contributed by atoms with E-state index in [1.54, 1.807) is 18.5 Å². The molecule has 0 spiro atoms. The summed E-state index contributed by atoms with van der Waals surface area (Å²) < 4.78 is 44.6. The minimum absolute atomic E-state index is 0.200. The number of fused-ring (bicyclic) bond motifs is 2. The van der Waals surface area contributed by atoms with Crippen molar-refractivity contribution in [3.63, 3.8) is 0 Å². The molecule has 0 aromatic heterocycles. The van der Waals surface area contributed by atoms with E-state index in [1.807, 2.05) is 49.4 Å². The zero-order valence-electron chi connectivity index (χ0n) is 22.6. The smallest absolute Gasteiger partial charge is 0.214 e. The quantitative estimate of drug-likeness (QED) is 0.361. The number of piperazine rings is 1. The molecule has 9 heteroatoms. The lowest BCUT2D eigenvalue weighted by Gasteiger charge is -2.40. The van der Waals surface area contributed by atoms with Crippen molar-refractivity contribution >= 4 is 10.0 Å². The number of hydrogen-bond donors (Lipinski definition) is 0. The van der Waals surface area contributed by atoms with Crippen LogP contribution < -0.4 is 14.2 Å². The number of ether oxygens (including phenoxy) is 3. The fourth-order valence-electron chi connectivity index (χ4n) is 5.58. The Labute approximate surface area is 227 Å². The SMILES string of the molecule is CCCCS(=O)(=O)N1CC2CCC(C1)N2CCCC(Oc1ccc(OC)c(OC)c1)c1ccc(C#N)cc1. The molecule has 0 radical (unpaired) electrons. The van der Waals surface area contributed by atoms with Crippen molar-refractivity contribution in [3.8, 4) is 23.3 Å². The Morgan fingerprint density at radius 3 is 2.29 bits per heavy atom. The Kier molecular flexibility index (Phi) is 9.53. The Balaban J connectivity index is 1.42. The molecular weight excluding hydrogens is 502 g/mol. The molecule has 4 rings (SSSR count). The monoisotopic (exact) mass is 541 g/mol. The highest BCUT2D eigenvalue weighted by Gasteiger charge is 2.42. The van der Waals surface area contributed by atoms with Gasteiger partial charge in [-0.15, -0.1) is 0 Å². The molecule has 206 valence electrons. The maximum absolute atomic E-state index is 12.8. The minimum atomic E-state index is -3.17. The first-order valence-electron chi connectivity index (χ1n) is 13.5. The van der Waals surface area contributed by atoms with Crippen LogP contribution >= 0.6 is 0 Å². The molecule has 2 aromatic carbocycles. The van der Waals surface area contributed by atoms with E-state index in [4.69, 9.17) is 14.2 Å². The van der Waals surface area contributed by atoms with Crippen LogP contribution in [0.5, 0.6) is 17.2 Å². The van der Waals surface area contributed by atoms with E-state index in [0.717, 1.165) is 44.2 Å². The molecule has 2 heterocycles. The highest BCUT2D eigenvalue weighted by Crippen LogP contribution is 2.35. The van der Waals surface area contributed by atoms with Gasteiger partial charge in [0.2, 0.25) is 10.0 Å². The van der Waals surface area contributed by atoms with Gasteiger partial charge in [-0.1, -0.05) is 25.5 Å². The summed E-state index contributed by atoms with van der Waals surface area (Å²) >= 11 is 0. The number of rotatable bonds is 13. The van der Waals surface area contributed by atoms with Gasteiger partial charge in [-0.05, 0) is 68.5 Å². The fraction of sp³-hybridized carbons (Fsp3) is 0.552. The second-order valence-electron chi connectivity index (χ2n) is 10.1. The van der Waals surface area contributed by atoms with Gasteiger partial charge in [0.05, 0.1) is 31.6 Å². The van der Waals surface area contributed by atoms with Crippen molar-refractivity contribution in [1.29, 1.82) is 5.26 Å². The van der Waals surface area contributed by atoms with Crippen molar-refractivity contribution in [2.24, 2.45) is 0 Å². The van der Waals surface area contributed by atoms with Crippen LogP contribution in [0.2, 0.25) is 0 Å². The Bertz CT molecular complexity index is 1200. The number of unbranched alkanes of at least 4 members (excludes halogenated alkanes) is 1. The third-order valence-corrected chi connectivity index (χ3v) is 9.57. The van der Waals surface area contributed by atoms with Crippen LogP contribution in [-0.4, -0.2) is 69.3 Å². The second kappa shape index (κ2) is 12.8. The van der Waals surface area contributed by atoms with Crippen LogP contribution in [0.1, 0.15) is 62.7 Å². The molecule has 0 aliphatic carbocycles. The first kappa shape index (κ1) is 28.2. The third kappa shape index (κ3) is 6.60. The topological polar surface area (TPSA) is 92.1 Å². The molecule has 2 bridgehead atoms. The third-order valence-electron chi connectivity index (χ3n) is 7.68. The van der Waals surface area contributed by atoms with Crippen LogP contribution in [-0.2, 0) is 10.0 Å². The van der Waals surface area contributed by atoms with Gasteiger partial charge in [0.1, 0.15) is 11.9 Å². The van der Waals surface area contributed by atoms with E-state index in [2.05, 4.69) is 11.0 Å². The summed E-state index contributed by atoms with van der Waals surface area (Å²) in [6.07, 6.45) is 5.20. The summed E-state index contributed by atoms with van der Waals surface area (Å²) in [5, 5.41) is 9.21. The van der Waals surface area contributed by atoms with E-state index < -0.39 is 10.0 Å². The number of nitrogens with zero attached hydrogens (tertiary/aromatic N) is 3. The summed E-state index contributed by atoms with van der Waals surface area (Å²) in [7, 11) is 0.0313. The average molecular weight is 542 g/mol. The Morgan fingerprint density at radius 1 is 1.00 bits per heavy atom. The molecule has 2 aliphatic heterocycles. The molecule has 2 fully saturated rings.